The molecule has 0 aromatic heterocycles. The van der Waals surface area contributed by atoms with Crippen molar-refractivity contribution in [2.75, 3.05) is 33.3 Å². The van der Waals surface area contributed by atoms with Crippen LogP contribution in [0.3, 0.4) is 0 Å². The average Bonchev–Trinajstić information content (AvgIpc) is 2.66. The summed E-state index contributed by atoms with van der Waals surface area (Å²) in [5.74, 6) is 0.768. The van der Waals surface area contributed by atoms with Gasteiger partial charge in [-0.1, -0.05) is 43.6 Å². The van der Waals surface area contributed by atoms with E-state index in [1.807, 2.05) is 25.1 Å². The predicted octanol–water partition coefficient (Wildman–Crippen LogP) is 3.40. The van der Waals surface area contributed by atoms with Crippen molar-refractivity contribution in [3.05, 3.63) is 34.9 Å². The van der Waals surface area contributed by atoms with Crippen LogP contribution in [0.5, 0.6) is 0 Å². The third-order valence-corrected chi connectivity index (χ3v) is 5.22. The van der Waals surface area contributed by atoms with Gasteiger partial charge in [0.15, 0.2) is 5.96 Å². The average molecular weight is 395 g/mol. The van der Waals surface area contributed by atoms with Crippen LogP contribution in [0.25, 0.3) is 0 Å². The van der Waals surface area contributed by atoms with Crippen LogP contribution in [-0.4, -0.2) is 56.3 Å². The Bertz CT molecular complexity index is 655. The van der Waals surface area contributed by atoms with Gasteiger partial charge in [-0.05, 0) is 31.4 Å². The van der Waals surface area contributed by atoms with Gasteiger partial charge in [0.1, 0.15) is 0 Å². The van der Waals surface area contributed by atoms with Gasteiger partial charge in [-0.15, -0.1) is 0 Å². The van der Waals surface area contributed by atoms with Crippen molar-refractivity contribution in [1.82, 2.24) is 15.5 Å². The molecular formula is C20H31ClN4O2. The zero-order valence-electron chi connectivity index (χ0n) is 16.7. The Kier molecular flexibility index (Phi) is 7.78. The van der Waals surface area contributed by atoms with Crippen LogP contribution in [0.4, 0.5) is 4.79 Å². The number of nitrogens with one attached hydrogen (secondary N) is 2. The summed E-state index contributed by atoms with van der Waals surface area (Å²) in [6.45, 7) is 8.65. The van der Waals surface area contributed by atoms with Crippen LogP contribution in [0.15, 0.2) is 29.3 Å². The summed E-state index contributed by atoms with van der Waals surface area (Å²) in [5.41, 5.74) is 0.973. The Balaban J connectivity index is 1.85. The summed E-state index contributed by atoms with van der Waals surface area (Å²) in [7, 11) is 1.77. The van der Waals surface area contributed by atoms with Gasteiger partial charge < -0.3 is 20.3 Å². The van der Waals surface area contributed by atoms with Crippen LogP contribution in [0.1, 0.15) is 39.2 Å². The second kappa shape index (κ2) is 9.83. The Morgan fingerprint density at radius 3 is 2.59 bits per heavy atom. The molecule has 7 heteroatoms. The number of hydrogen-bond donors (Lipinski definition) is 2. The Morgan fingerprint density at radius 1 is 1.33 bits per heavy atom. The van der Waals surface area contributed by atoms with Crippen molar-refractivity contribution in [1.29, 1.82) is 0 Å². The Labute approximate surface area is 167 Å². The number of likely N-dealkylation sites (tertiary alicyclic amines) is 1. The van der Waals surface area contributed by atoms with Crippen LogP contribution in [0, 0.1) is 0 Å². The van der Waals surface area contributed by atoms with Gasteiger partial charge >= 0.3 is 6.09 Å². The maximum absolute atomic E-state index is 11.8. The van der Waals surface area contributed by atoms with Crippen molar-refractivity contribution in [3.63, 3.8) is 0 Å². The number of carbonyl (C=O) groups excluding carboxylic acids is 1. The first kappa shape index (κ1) is 21.4. The zero-order chi connectivity index (χ0) is 19.9. The molecule has 27 heavy (non-hydrogen) atoms. The zero-order valence-corrected chi connectivity index (χ0v) is 17.5. The minimum absolute atomic E-state index is 0.136. The van der Waals surface area contributed by atoms with Gasteiger partial charge in [-0.25, -0.2) is 4.79 Å². The molecule has 1 aliphatic rings. The van der Waals surface area contributed by atoms with Gasteiger partial charge in [0.2, 0.25) is 0 Å². The number of halogens is 1. The molecule has 1 aromatic carbocycles. The fourth-order valence-corrected chi connectivity index (χ4v) is 3.61. The van der Waals surface area contributed by atoms with E-state index < -0.39 is 0 Å². The fraction of sp³-hybridized carbons (Fsp3) is 0.600. The Morgan fingerprint density at radius 2 is 2.00 bits per heavy atom. The number of benzene rings is 1. The number of amides is 1. The normalized spacial score (nSPS) is 16.2. The van der Waals surface area contributed by atoms with Crippen molar-refractivity contribution in [3.8, 4) is 0 Å². The first-order valence-electron chi connectivity index (χ1n) is 9.51. The first-order valence-corrected chi connectivity index (χ1v) is 9.89. The van der Waals surface area contributed by atoms with E-state index in [1.165, 1.54) is 0 Å². The lowest BCUT2D eigenvalue weighted by atomic mass is 9.84. The van der Waals surface area contributed by atoms with Gasteiger partial charge in [0.05, 0.1) is 6.61 Å². The highest BCUT2D eigenvalue weighted by Gasteiger charge is 2.26. The molecule has 0 atom stereocenters. The number of carbonyl (C=O) groups is 1. The molecule has 1 amide bonds. The number of piperidine rings is 1. The summed E-state index contributed by atoms with van der Waals surface area (Å²) in [4.78, 5) is 17.9. The van der Waals surface area contributed by atoms with Crippen molar-refractivity contribution in [2.24, 2.45) is 4.99 Å². The highest BCUT2D eigenvalue weighted by molar-refractivity contribution is 6.31. The molecule has 1 heterocycles. The fourth-order valence-electron chi connectivity index (χ4n) is 3.22. The third kappa shape index (κ3) is 6.03. The summed E-state index contributed by atoms with van der Waals surface area (Å²) in [6.07, 6.45) is 1.51. The molecule has 0 radical (unpaired) electrons. The standard InChI is InChI=1S/C20H31ClN4O2/c1-5-27-19(26)25-12-10-15(11-13-25)24-18(22-4)23-14-20(2,3)16-8-6-7-9-17(16)21/h6-9,15H,5,10-14H2,1-4H3,(H2,22,23,24). The van der Waals surface area contributed by atoms with E-state index in [4.69, 9.17) is 16.3 Å². The third-order valence-electron chi connectivity index (χ3n) is 4.89. The maximum atomic E-state index is 11.8. The quantitative estimate of drug-likeness (QED) is 0.593. The number of ether oxygens (including phenoxy) is 1. The first-order chi connectivity index (χ1) is 12.9. The monoisotopic (exact) mass is 394 g/mol. The van der Waals surface area contributed by atoms with Crippen LogP contribution in [-0.2, 0) is 10.2 Å². The maximum Gasteiger partial charge on any atom is 0.409 e. The SMILES string of the molecule is CCOC(=O)N1CCC(NC(=NC)NCC(C)(C)c2ccccc2Cl)CC1. The van der Waals surface area contributed by atoms with E-state index in [0.717, 1.165) is 29.4 Å². The second-order valence-electron chi connectivity index (χ2n) is 7.39. The van der Waals surface area contributed by atoms with E-state index >= 15 is 0 Å². The molecule has 0 aliphatic carbocycles. The van der Waals surface area contributed by atoms with E-state index in [2.05, 4.69) is 35.5 Å². The topological polar surface area (TPSA) is 66.0 Å². The largest absolute Gasteiger partial charge is 0.450 e. The highest BCUT2D eigenvalue weighted by Crippen LogP contribution is 2.29. The number of aliphatic imine (C=N–C) groups is 1. The molecule has 0 saturated carbocycles. The predicted molar refractivity (Wildman–Crippen MR) is 111 cm³/mol. The lowest BCUT2D eigenvalue weighted by molar-refractivity contribution is 0.0963. The molecule has 1 aromatic rings. The molecule has 0 bridgehead atoms. The van der Waals surface area contributed by atoms with Crippen molar-refractivity contribution >= 4 is 23.7 Å². The molecule has 1 fully saturated rings. The molecule has 1 saturated heterocycles. The summed E-state index contributed by atoms with van der Waals surface area (Å²) >= 11 is 6.36. The van der Waals surface area contributed by atoms with Crippen LogP contribution >= 0.6 is 11.6 Å². The van der Waals surface area contributed by atoms with Gasteiger partial charge in [-0.3, -0.25) is 4.99 Å². The Hall–Kier alpha value is -1.95. The lowest BCUT2D eigenvalue weighted by Gasteiger charge is -2.33. The summed E-state index contributed by atoms with van der Waals surface area (Å²) in [6, 6.07) is 8.21. The minimum atomic E-state index is -0.222. The van der Waals surface area contributed by atoms with Crippen molar-refractivity contribution in [2.45, 2.75) is 45.1 Å². The van der Waals surface area contributed by atoms with E-state index in [0.29, 0.717) is 26.2 Å². The molecule has 6 nitrogen and oxygen atoms in total. The lowest BCUT2D eigenvalue weighted by Crippen LogP contribution is -2.51. The van der Waals surface area contributed by atoms with Crippen LogP contribution in [0.2, 0.25) is 5.02 Å². The van der Waals surface area contributed by atoms with Gasteiger partial charge in [0.25, 0.3) is 0 Å². The second-order valence-corrected chi connectivity index (χ2v) is 7.80. The molecule has 2 N–H and O–H groups in total. The molecule has 0 unspecified atom stereocenters. The molecule has 0 spiro atoms. The number of guanidine groups is 1. The number of rotatable bonds is 5. The van der Waals surface area contributed by atoms with E-state index in [9.17, 15) is 4.79 Å². The van der Waals surface area contributed by atoms with Crippen molar-refractivity contribution < 1.29 is 9.53 Å². The smallest absolute Gasteiger partial charge is 0.409 e. The van der Waals surface area contributed by atoms with Gasteiger partial charge in [0, 0.05) is 43.2 Å². The molecule has 2 rings (SSSR count). The molecular weight excluding hydrogens is 364 g/mol. The van der Waals surface area contributed by atoms with Crippen LogP contribution < -0.4 is 10.6 Å². The molecule has 1 aliphatic heterocycles. The highest BCUT2D eigenvalue weighted by atomic mass is 35.5. The minimum Gasteiger partial charge on any atom is -0.450 e. The molecule has 150 valence electrons. The van der Waals surface area contributed by atoms with E-state index in [-0.39, 0.29) is 17.6 Å². The van der Waals surface area contributed by atoms with Gasteiger partial charge in [-0.2, -0.15) is 0 Å². The van der Waals surface area contributed by atoms with E-state index in [1.54, 1.807) is 11.9 Å². The summed E-state index contributed by atoms with van der Waals surface area (Å²) < 4.78 is 5.07. The number of hydrogen-bond acceptors (Lipinski definition) is 3. The number of nitrogens with zero attached hydrogens (tertiary/aromatic N) is 2. The summed E-state index contributed by atoms with van der Waals surface area (Å²) in [5, 5.41) is 7.65.